The fourth-order valence-electron chi connectivity index (χ4n) is 2.74. The van der Waals surface area contributed by atoms with Gasteiger partial charge in [-0.1, -0.05) is 6.42 Å². The van der Waals surface area contributed by atoms with Gasteiger partial charge in [0.15, 0.2) is 0 Å². The highest BCUT2D eigenvalue weighted by Gasteiger charge is 2.27. The second-order valence-corrected chi connectivity index (χ2v) is 5.26. The van der Waals surface area contributed by atoms with Crippen molar-refractivity contribution in [3.63, 3.8) is 0 Å². The molecule has 3 nitrogen and oxygen atoms in total. The average Bonchev–Trinajstić information content (AvgIpc) is 2.29. The molecular formula is C12H25N3. The van der Waals surface area contributed by atoms with Gasteiger partial charge >= 0.3 is 0 Å². The highest BCUT2D eigenvalue weighted by Crippen LogP contribution is 2.20. The number of piperidine rings is 2. The van der Waals surface area contributed by atoms with Crippen molar-refractivity contribution >= 4 is 0 Å². The van der Waals surface area contributed by atoms with Crippen LogP contribution in [0, 0.1) is 0 Å². The maximum Gasteiger partial charge on any atom is 0.0190 e. The van der Waals surface area contributed by atoms with Crippen molar-refractivity contribution in [2.24, 2.45) is 5.73 Å². The number of nitrogens with two attached hydrogens (primary N) is 1. The van der Waals surface area contributed by atoms with Crippen LogP contribution in [-0.2, 0) is 0 Å². The molecule has 0 spiro atoms. The summed E-state index contributed by atoms with van der Waals surface area (Å²) in [6.45, 7) is 6.03. The largest absolute Gasteiger partial charge is 0.325 e. The van der Waals surface area contributed by atoms with Crippen LogP contribution in [0.3, 0.4) is 0 Å². The highest BCUT2D eigenvalue weighted by molar-refractivity contribution is 4.89. The first-order chi connectivity index (χ1) is 7.29. The van der Waals surface area contributed by atoms with Crippen LogP contribution in [0.2, 0.25) is 0 Å². The monoisotopic (exact) mass is 211 g/mol. The SMILES string of the molecule is NC1(CCN2CCCCC2)CCNCC1. The van der Waals surface area contributed by atoms with E-state index in [2.05, 4.69) is 10.2 Å². The number of rotatable bonds is 3. The van der Waals surface area contributed by atoms with Gasteiger partial charge < -0.3 is 16.0 Å². The molecule has 2 fully saturated rings. The Hall–Kier alpha value is -0.120. The van der Waals surface area contributed by atoms with Gasteiger partial charge in [-0.25, -0.2) is 0 Å². The van der Waals surface area contributed by atoms with Crippen LogP contribution in [0.25, 0.3) is 0 Å². The molecular weight excluding hydrogens is 186 g/mol. The van der Waals surface area contributed by atoms with Gasteiger partial charge in [-0.05, 0) is 64.8 Å². The first-order valence-electron chi connectivity index (χ1n) is 6.51. The molecule has 0 aromatic rings. The second-order valence-electron chi connectivity index (χ2n) is 5.26. The van der Waals surface area contributed by atoms with E-state index in [0.717, 1.165) is 25.9 Å². The van der Waals surface area contributed by atoms with Crippen molar-refractivity contribution in [1.82, 2.24) is 10.2 Å². The third kappa shape index (κ3) is 3.44. The van der Waals surface area contributed by atoms with E-state index < -0.39 is 0 Å². The zero-order valence-electron chi connectivity index (χ0n) is 9.80. The summed E-state index contributed by atoms with van der Waals surface area (Å²) in [5, 5.41) is 3.38. The first-order valence-corrected chi connectivity index (χ1v) is 6.51. The maximum absolute atomic E-state index is 6.41. The molecule has 0 aliphatic carbocycles. The van der Waals surface area contributed by atoms with E-state index in [1.54, 1.807) is 0 Å². The van der Waals surface area contributed by atoms with Crippen LogP contribution in [0.15, 0.2) is 0 Å². The zero-order valence-corrected chi connectivity index (χ0v) is 9.80. The Balaban J connectivity index is 1.70. The van der Waals surface area contributed by atoms with Gasteiger partial charge in [0.25, 0.3) is 0 Å². The average molecular weight is 211 g/mol. The third-order valence-corrected chi connectivity index (χ3v) is 3.97. The molecule has 3 heteroatoms. The van der Waals surface area contributed by atoms with Crippen LogP contribution in [0.5, 0.6) is 0 Å². The van der Waals surface area contributed by atoms with Crippen LogP contribution in [-0.4, -0.2) is 43.2 Å². The van der Waals surface area contributed by atoms with E-state index in [4.69, 9.17) is 5.73 Å². The number of hydrogen-bond donors (Lipinski definition) is 2. The Morgan fingerprint density at radius 3 is 2.40 bits per heavy atom. The molecule has 2 aliphatic heterocycles. The molecule has 0 atom stereocenters. The van der Waals surface area contributed by atoms with Gasteiger partial charge in [0.05, 0.1) is 0 Å². The van der Waals surface area contributed by atoms with Crippen LogP contribution in [0.1, 0.15) is 38.5 Å². The summed E-state index contributed by atoms with van der Waals surface area (Å²) in [4.78, 5) is 2.60. The Morgan fingerprint density at radius 1 is 1.07 bits per heavy atom. The van der Waals surface area contributed by atoms with Crippen LogP contribution >= 0.6 is 0 Å². The number of hydrogen-bond acceptors (Lipinski definition) is 3. The van der Waals surface area contributed by atoms with Crippen molar-refractivity contribution in [3.8, 4) is 0 Å². The topological polar surface area (TPSA) is 41.3 Å². The summed E-state index contributed by atoms with van der Waals surface area (Å²) in [6.07, 6.45) is 7.70. The molecule has 0 aromatic carbocycles. The molecule has 2 heterocycles. The summed E-state index contributed by atoms with van der Waals surface area (Å²) in [5.74, 6) is 0. The lowest BCUT2D eigenvalue weighted by atomic mass is 9.86. The Bertz CT molecular complexity index is 181. The van der Waals surface area contributed by atoms with Crippen molar-refractivity contribution in [3.05, 3.63) is 0 Å². The minimum atomic E-state index is 0.128. The molecule has 0 saturated carbocycles. The lowest BCUT2D eigenvalue weighted by Crippen LogP contribution is -2.50. The van der Waals surface area contributed by atoms with Gasteiger partial charge in [-0.15, -0.1) is 0 Å². The Labute approximate surface area is 93.4 Å². The molecule has 15 heavy (non-hydrogen) atoms. The Kier molecular flexibility index (Phi) is 4.00. The van der Waals surface area contributed by atoms with E-state index in [1.165, 1.54) is 45.3 Å². The summed E-state index contributed by atoms with van der Waals surface area (Å²) in [6, 6.07) is 0. The number of nitrogens with zero attached hydrogens (tertiary/aromatic N) is 1. The molecule has 88 valence electrons. The van der Waals surface area contributed by atoms with Crippen molar-refractivity contribution in [2.75, 3.05) is 32.7 Å². The van der Waals surface area contributed by atoms with Crippen molar-refractivity contribution < 1.29 is 0 Å². The standard InChI is InChI=1S/C12H25N3/c13-12(4-7-14-8-5-12)6-11-15-9-2-1-3-10-15/h14H,1-11,13H2. The molecule has 2 saturated heterocycles. The minimum absolute atomic E-state index is 0.128. The van der Waals surface area contributed by atoms with E-state index in [1.807, 2.05) is 0 Å². The van der Waals surface area contributed by atoms with Crippen molar-refractivity contribution in [1.29, 1.82) is 0 Å². The molecule has 0 amide bonds. The lowest BCUT2D eigenvalue weighted by Gasteiger charge is -2.36. The normalized spacial score (nSPS) is 27.8. The van der Waals surface area contributed by atoms with E-state index in [9.17, 15) is 0 Å². The van der Waals surface area contributed by atoms with E-state index >= 15 is 0 Å². The summed E-state index contributed by atoms with van der Waals surface area (Å²) >= 11 is 0. The predicted octanol–water partition coefficient (Wildman–Crippen LogP) is 0.943. The fraction of sp³-hybridized carbons (Fsp3) is 1.00. The van der Waals surface area contributed by atoms with Crippen LogP contribution < -0.4 is 11.1 Å². The molecule has 0 bridgehead atoms. The van der Waals surface area contributed by atoms with E-state index in [-0.39, 0.29) is 5.54 Å². The fourth-order valence-corrected chi connectivity index (χ4v) is 2.74. The van der Waals surface area contributed by atoms with Crippen LogP contribution in [0.4, 0.5) is 0 Å². The van der Waals surface area contributed by atoms with Gasteiger partial charge in [-0.2, -0.15) is 0 Å². The molecule has 3 N–H and O–H groups in total. The molecule has 0 radical (unpaired) electrons. The second kappa shape index (κ2) is 5.28. The van der Waals surface area contributed by atoms with Gasteiger partial charge in [0, 0.05) is 5.54 Å². The summed E-state index contributed by atoms with van der Waals surface area (Å²) in [7, 11) is 0. The minimum Gasteiger partial charge on any atom is -0.325 e. The Morgan fingerprint density at radius 2 is 1.73 bits per heavy atom. The summed E-state index contributed by atoms with van der Waals surface area (Å²) < 4.78 is 0. The number of likely N-dealkylation sites (tertiary alicyclic amines) is 1. The van der Waals surface area contributed by atoms with Gasteiger partial charge in [0.2, 0.25) is 0 Å². The summed E-state index contributed by atoms with van der Waals surface area (Å²) in [5.41, 5.74) is 6.54. The van der Waals surface area contributed by atoms with Crippen molar-refractivity contribution in [2.45, 2.75) is 44.1 Å². The molecule has 0 aromatic heterocycles. The quantitative estimate of drug-likeness (QED) is 0.730. The third-order valence-electron chi connectivity index (χ3n) is 3.97. The maximum atomic E-state index is 6.41. The highest BCUT2D eigenvalue weighted by atomic mass is 15.1. The smallest absolute Gasteiger partial charge is 0.0190 e. The van der Waals surface area contributed by atoms with E-state index in [0.29, 0.717) is 0 Å². The lowest BCUT2D eigenvalue weighted by molar-refractivity contribution is 0.188. The molecule has 2 aliphatic rings. The van der Waals surface area contributed by atoms with Gasteiger partial charge in [-0.3, -0.25) is 0 Å². The zero-order chi connectivity index (χ0) is 10.6. The molecule has 2 rings (SSSR count). The molecule has 0 unspecified atom stereocenters. The number of nitrogens with one attached hydrogen (secondary N) is 1. The predicted molar refractivity (Wildman–Crippen MR) is 63.9 cm³/mol. The first kappa shape index (κ1) is 11.4. The van der Waals surface area contributed by atoms with Gasteiger partial charge in [0.1, 0.15) is 0 Å².